The van der Waals surface area contributed by atoms with Crippen LogP contribution in [0.1, 0.15) is 38.2 Å². The average Bonchev–Trinajstić information content (AvgIpc) is 2.82. The van der Waals surface area contributed by atoms with Crippen LogP contribution in [0.15, 0.2) is 71.3 Å². The summed E-state index contributed by atoms with van der Waals surface area (Å²) >= 11 is 0. The first-order valence-electron chi connectivity index (χ1n) is 11.2. The molecule has 2 aromatic rings. The number of anilines is 1. The Bertz CT molecular complexity index is 1250. The number of rotatable bonds is 6. The van der Waals surface area contributed by atoms with Crippen LogP contribution >= 0.6 is 0 Å². The van der Waals surface area contributed by atoms with Crippen molar-refractivity contribution in [2.24, 2.45) is 11.1 Å². The van der Waals surface area contributed by atoms with Crippen LogP contribution in [0.3, 0.4) is 0 Å². The number of Topliss-reactive ketones (excluding diaryl/α,β-unsaturated/α-hetero) is 1. The van der Waals surface area contributed by atoms with Crippen molar-refractivity contribution in [3.8, 4) is 17.6 Å². The largest absolute Gasteiger partial charge is 0.497 e. The Morgan fingerprint density at radius 1 is 1.14 bits per heavy atom. The van der Waals surface area contributed by atoms with E-state index in [1.165, 1.54) is 0 Å². The van der Waals surface area contributed by atoms with Crippen LogP contribution in [-0.2, 0) is 14.3 Å². The third-order valence-corrected chi connectivity index (χ3v) is 6.03. The molecule has 1 heterocycles. The number of hydrogen-bond acceptors (Lipinski definition) is 7. The summed E-state index contributed by atoms with van der Waals surface area (Å²) in [6, 6.07) is 16.0. The quantitative estimate of drug-likeness (QED) is 0.645. The van der Waals surface area contributed by atoms with Gasteiger partial charge in [0.1, 0.15) is 28.9 Å². The normalized spacial score (nSPS) is 18.8. The van der Waals surface area contributed by atoms with Crippen molar-refractivity contribution in [2.75, 3.05) is 19.0 Å². The number of carbonyl (C=O) groups is 2. The van der Waals surface area contributed by atoms with Crippen LogP contribution in [0.5, 0.6) is 11.5 Å². The number of nitrogens with one attached hydrogen (secondary N) is 1. The van der Waals surface area contributed by atoms with Gasteiger partial charge in [0.05, 0.1) is 13.0 Å². The van der Waals surface area contributed by atoms with Gasteiger partial charge >= 0.3 is 0 Å². The van der Waals surface area contributed by atoms with Crippen LogP contribution in [0.2, 0.25) is 0 Å². The summed E-state index contributed by atoms with van der Waals surface area (Å²) in [4.78, 5) is 25.3. The molecule has 0 radical (unpaired) electrons. The maximum absolute atomic E-state index is 13.0. The molecule has 1 aliphatic heterocycles. The molecule has 180 valence electrons. The van der Waals surface area contributed by atoms with Gasteiger partial charge < -0.3 is 25.3 Å². The molecule has 3 N–H and O–H groups in total. The van der Waals surface area contributed by atoms with Crippen molar-refractivity contribution >= 4 is 17.4 Å². The maximum atomic E-state index is 13.0. The first-order valence-corrected chi connectivity index (χ1v) is 11.2. The van der Waals surface area contributed by atoms with E-state index < -0.39 is 5.92 Å². The van der Waals surface area contributed by atoms with Crippen LogP contribution in [0, 0.1) is 16.7 Å². The molecule has 0 aromatic heterocycles. The Morgan fingerprint density at radius 3 is 2.43 bits per heavy atom. The zero-order valence-electron chi connectivity index (χ0n) is 19.9. The number of nitrogens with two attached hydrogens (primary N) is 1. The molecule has 0 fully saturated rings. The lowest BCUT2D eigenvalue weighted by Crippen LogP contribution is -2.33. The number of nitrogens with zero attached hydrogens (tertiary/aromatic N) is 1. The summed E-state index contributed by atoms with van der Waals surface area (Å²) in [5, 5.41) is 12.5. The maximum Gasteiger partial charge on any atom is 0.262 e. The van der Waals surface area contributed by atoms with E-state index in [4.69, 9.17) is 19.9 Å². The van der Waals surface area contributed by atoms with Gasteiger partial charge in [-0.1, -0.05) is 26.0 Å². The molecular formula is C27H27N3O5. The zero-order valence-corrected chi connectivity index (χ0v) is 19.9. The van der Waals surface area contributed by atoms with Crippen LogP contribution in [0.4, 0.5) is 5.69 Å². The molecule has 8 heteroatoms. The van der Waals surface area contributed by atoms with Crippen LogP contribution in [0.25, 0.3) is 0 Å². The smallest absolute Gasteiger partial charge is 0.262 e. The minimum atomic E-state index is -0.597. The molecule has 0 bridgehead atoms. The van der Waals surface area contributed by atoms with Gasteiger partial charge in [-0.2, -0.15) is 5.26 Å². The lowest BCUT2D eigenvalue weighted by atomic mass is 9.70. The summed E-state index contributed by atoms with van der Waals surface area (Å²) < 4.78 is 16.4. The zero-order chi connectivity index (χ0) is 25.2. The van der Waals surface area contributed by atoms with E-state index in [0.29, 0.717) is 41.4 Å². The number of methoxy groups -OCH3 is 1. The Labute approximate surface area is 204 Å². The van der Waals surface area contributed by atoms with Crippen molar-refractivity contribution in [2.45, 2.75) is 32.6 Å². The third kappa shape index (κ3) is 5.14. The highest BCUT2D eigenvalue weighted by Gasteiger charge is 2.42. The molecule has 2 aromatic carbocycles. The Hall–Kier alpha value is -4.25. The van der Waals surface area contributed by atoms with Crippen molar-refractivity contribution in [1.29, 1.82) is 5.26 Å². The van der Waals surface area contributed by atoms with Gasteiger partial charge in [-0.05, 0) is 47.4 Å². The summed E-state index contributed by atoms with van der Waals surface area (Å²) in [5.41, 5.74) is 7.88. The number of ketones is 1. The first kappa shape index (κ1) is 23.9. The van der Waals surface area contributed by atoms with Gasteiger partial charge in [0, 0.05) is 24.1 Å². The number of ether oxygens (including phenoxy) is 3. The third-order valence-electron chi connectivity index (χ3n) is 6.03. The second kappa shape index (κ2) is 9.55. The van der Waals surface area contributed by atoms with E-state index in [-0.39, 0.29) is 35.2 Å². The van der Waals surface area contributed by atoms with E-state index >= 15 is 0 Å². The highest BCUT2D eigenvalue weighted by molar-refractivity contribution is 6.00. The van der Waals surface area contributed by atoms with Crippen LogP contribution in [-0.4, -0.2) is 25.4 Å². The fourth-order valence-electron chi connectivity index (χ4n) is 4.39. The molecule has 4 rings (SSSR count). The molecule has 2 aliphatic rings. The molecule has 0 spiro atoms. The van der Waals surface area contributed by atoms with Gasteiger partial charge in [0.2, 0.25) is 5.88 Å². The highest BCUT2D eigenvalue weighted by Crippen LogP contribution is 2.47. The standard InChI is InChI=1S/C27H27N3O5/c1-27(2)12-21(31)25-22(13-27)35-26(29)20(14-28)24(25)16-4-8-19(9-5-16)34-15-23(32)30-17-6-10-18(33-3)11-7-17/h4-11,24H,12-13,15,29H2,1-3H3,(H,30,32). The first-order chi connectivity index (χ1) is 16.7. The average molecular weight is 474 g/mol. The molecule has 8 nitrogen and oxygen atoms in total. The second-order valence-corrected chi connectivity index (χ2v) is 9.34. The summed E-state index contributed by atoms with van der Waals surface area (Å²) in [7, 11) is 1.57. The number of benzene rings is 2. The highest BCUT2D eigenvalue weighted by atomic mass is 16.5. The molecule has 1 aliphatic carbocycles. The SMILES string of the molecule is COc1ccc(NC(=O)COc2ccc(C3C(C#N)=C(N)OC4=C3C(=O)CC(C)(C)C4)cc2)cc1. The van der Waals surface area contributed by atoms with Gasteiger partial charge in [-0.3, -0.25) is 9.59 Å². The van der Waals surface area contributed by atoms with E-state index in [2.05, 4.69) is 11.4 Å². The molecule has 1 amide bonds. The van der Waals surface area contributed by atoms with Crippen molar-refractivity contribution in [3.05, 3.63) is 76.9 Å². The fraction of sp³-hybridized carbons (Fsp3) is 0.296. The van der Waals surface area contributed by atoms with Crippen molar-refractivity contribution < 1.29 is 23.8 Å². The Kier molecular flexibility index (Phi) is 6.52. The van der Waals surface area contributed by atoms with Gasteiger partial charge in [-0.25, -0.2) is 0 Å². The predicted octanol–water partition coefficient (Wildman–Crippen LogP) is 4.16. The van der Waals surface area contributed by atoms with Crippen LogP contribution < -0.4 is 20.5 Å². The Morgan fingerprint density at radius 2 is 1.80 bits per heavy atom. The summed E-state index contributed by atoms with van der Waals surface area (Å²) in [6.07, 6.45) is 0.934. The lowest BCUT2D eigenvalue weighted by Gasteiger charge is -2.37. The minimum absolute atomic E-state index is 0.0253. The predicted molar refractivity (Wildman–Crippen MR) is 129 cm³/mol. The van der Waals surface area contributed by atoms with Crippen molar-refractivity contribution in [1.82, 2.24) is 0 Å². The molecule has 0 saturated carbocycles. The number of allylic oxidation sites excluding steroid dienone is 3. The van der Waals surface area contributed by atoms with Gasteiger partial charge in [0.25, 0.3) is 5.91 Å². The number of amides is 1. The van der Waals surface area contributed by atoms with Crippen molar-refractivity contribution in [3.63, 3.8) is 0 Å². The lowest BCUT2D eigenvalue weighted by molar-refractivity contribution is -0.119. The molecular weight excluding hydrogens is 446 g/mol. The molecule has 35 heavy (non-hydrogen) atoms. The summed E-state index contributed by atoms with van der Waals surface area (Å²) in [6.45, 7) is 3.83. The molecule has 0 saturated heterocycles. The molecule has 1 unspecified atom stereocenters. The van der Waals surface area contributed by atoms with Gasteiger partial charge in [-0.15, -0.1) is 0 Å². The minimum Gasteiger partial charge on any atom is -0.497 e. The Balaban J connectivity index is 1.48. The monoisotopic (exact) mass is 473 g/mol. The summed E-state index contributed by atoms with van der Waals surface area (Å²) in [5.74, 6) is 0.779. The molecule has 1 atom stereocenters. The number of carbonyl (C=O) groups excluding carboxylic acids is 2. The number of hydrogen-bond donors (Lipinski definition) is 2. The van der Waals surface area contributed by atoms with E-state index in [1.54, 1.807) is 55.6 Å². The number of nitriles is 1. The second-order valence-electron chi connectivity index (χ2n) is 9.34. The van der Waals surface area contributed by atoms with E-state index in [1.807, 2.05) is 13.8 Å². The van der Waals surface area contributed by atoms with Gasteiger partial charge in [0.15, 0.2) is 12.4 Å². The van der Waals surface area contributed by atoms with E-state index in [9.17, 15) is 14.9 Å². The topological polar surface area (TPSA) is 124 Å². The van der Waals surface area contributed by atoms with E-state index in [0.717, 1.165) is 5.56 Å². The fourth-order valence-corrected chi connectivity index (χ4v) is 4.39.